The lowest BCUT2D eigenvalue weighted by atomic mass is 10.1. The molecule has 0 amide bonds. The Morgan fingerprint density at radius 1 is 1.16 bits per heavy atom. The zero-order valence-electron chi connectivity index (χ0n) is 17.2. The normalized spacial score (nSPS) is 14.1. The van der Waals surface area contributed by atoms with E-state index in [1.165, 1.54) is 13.2 Å². The van der Waals surface area contributed by atoms with Crippen LogP contribution in [0.1, 0.15) is 11.1 Å². The molecule has 0 bridgehead atoms. The molecule has 2 aromatic carbocycles. The SMILES string of the molecule is COc1ncc(CN2CCOc3c(Cl)cc(-n4ccc5c(Cl)c(F)ccc54)cc3C2)cn1. The van der Waals surface area contributed by atoms with Gasteiger partial charge in [-0.15, -0.1) is 0 Å². The van der Waals surface area contributed by atoms with Gasteiger partial charge in [0.25, 0.3) is 0 Å². The number of halogens is 3. The van der Waals surface area contributed by atoms with Gasteiger partial charge >= 0.3 is 6.01 Å². The molecule has 164 valence electrons. The zero-order chi connectivity index (χ0) is 22.2. The van der Waals surface area contributed by atoms with Gasteiger partial charge in [0.05, 0.1) is 22.7 Å². The number of methoxy groups -OCH3 is 1. The van der Waals surface area contributed by atoms with Crippen LogP contribution in [0.2, 0.25) is 10.0 Å². The summed E-state index contributed by atoms with van der Waals surface area (Å²) < 4.78 is 26.8. The van der Waals surface area contributed by atoms with Crippen molar-refractivity contribution in [2.24, 2.45) is 0 Å². The van der Waals surface area contributed by atoms with Gasteiger partial charge in [-0.2, -0.15) is 0 Å². The van der Waals surface area contributed by atoms with E-state index in [9.17, 15) is 4.39 Å². The van der Waals surface area contributed by atoms with E-state index in [0.717, 1.165) is 28.9 Å². The summed E-state index contributed by atoms with van der Waals surface area (Å²) in [5, 5.41) is 1.29. The zero-order valence-corrected chi connectivity index (χ0v) is 18.7. The van der Waals surface area contributed by atoms with Crippen molar-refractivity contribution in [2.75, 3.05) is 20.3 Å². The van der Waals surface area contributed by atoms with Crippen LogP contribution in [-0.4, -0.2) is 39.7 Å². The van der Waals surface area contributed by atoms with Crippen molar-refractivity contribution >= 4 is 34.1 Å². The second kappa shape index (κ2) is 8.58. The first-order chi connectivity index (χ1) is 15.5. The minimum absolute atomic E-state index is 0.110. The second-order valence-corrected chi connectivity index (χ2v) is 8.32. The first-order valence-electron chi connectivity index (χ1n) is 10.0. The standard InChI is InChI=1S/C23H19Cl2FN4O2/c1-31-23-27-10-14(11-28-23)12-29-6-7-32-22-15(13-29)8-16(9-18(22)24)30-5-4-17-20(30)3-2-19(26)21(17)25/h2-5,8-11H,6-7,12-13H2,1H3. The highest BCUT2D eigenvalue weighted by Gasteiger charge is 2.20. The predicted molar refractivity (Wildman–Crippen MR) is 121 cm³/mol. The molecule has 0 unspecified atom stereocenters. The van der Waals surface area contributed by atoms with E-state index in [1.54, 1.807) is 24.5 Å². The fourth-order valence-corrected chi connectivity index (χ4v) is 4.46. The van der Waals surface area contributed by atoms with Crippen molar-refractivity contribution in [3.63, 3.8) is 0 Å². The Morgan fingerprint density at radius 3 is 2.75 bits per heavy atom. The fraction of sp³-hybridized carbons (Fsp3) is 0.217. The van der Waals surface area contributed by atoms with Gasteiger partial charge in [-0.25, -0.2) is 14.4 Å². The van der Waals surface area contributed by atoms with E-state index in [-0.39, 0.29) is 5.02 Å². The summed E-state index contributed by atoms with van der Waals surface area (Å²) in [5.41, 5.74) is 3.60. The Bertz CT molecular complexity index is 1290. The summed E-state index contributed by atoms with van der Waals surface area (Å²) in [6, 6.07) is 9.11. The lowest BCUT2D eigenvalue weighted by Crippen LogP contribution is -2.25. The topological polar surface area (TPSA) is 52.4 Å². The molecule has 0 N–H and O–H groups in total. The lowest BCUT2D eigenvalue weighted by molar-refractivity contribution is 0.219. The third kappa shape index (κ3) is 3.88. The Labute approximate surface area is 194 Å². The van der Waals surface area contributed by atoms with E-state index < -0.39 is 5.82 Å². The molecule has 1 aliphatic rings. The molecule has 0 radical (unpaired) electrons. The molecule has 0 fully saturated rings. The highest BCUT2D eigenvalue weighted by molar-refractivity contribution is 6.35. The Morgan fingerprint density at radius 2 is 1.97 bits per heavy atom. The third-order valence-corrected chi connectivity index (χ3v) is 6.13. The molecule has 2 aromatic heterocycles. The molecular weight excluding hydrogens is 454 g/mol. The highest BCUT2D eigenvalue weighted by atomic mass is 35.5. The van der Waals surface area contributed by atoms with Gasteiger partial charge in [-0.05, 0) is 30.3 Å². The summed E-state index contributed by atoms with van der Waals surface area (Å²) >= 11 is 12.8. The third-order valence-electron chi connectivity index (χ3n) is 5.46. The summed E-state index contributed by atoms with van der Waals surface area (Å²) in [6.07, 6.45) is 5.38. The number of ether oxygens (including phenoxy) is 2. The van der Waals surface area contributed by atoms with Gasteiger partial charge in [-0.1, -0.05) is 23.2 Å². The number of rotatable bonds is 4. The highest BCUT2D eigenvalue weighted by Crippen LogP contribution is 2.36. The van der Waals surface area contributed by atoms with Crippen LogP contribution < -0.4 is 9.47 Å². The molecule has 0 spiro atoms. The number of benzene rings is 2. The molecule has 0 aliphatic carbocycles. The van der Waals surface area contributed by atoms with E-state index in [1.807, 2.05) is 22.9 Å². The number of fused-ring (bicyclic) bond motifs is 2. The molecule has 0 saturated heterocycles. The van der Waals surface area contributed by atoms with Gasteiger partial charge < -0.3 is 14.0 Å². The van der Waals surface area contributed by atoms with Crippen LogP contribution in [0.3, 0.4) is 0 Å². The van der Waals surface area contributed by atoms with E-state index in [0.29, 0.717) is 41.9 Å². The van der Waals surface area contributed by atoms with Crippen molar-refractivity contribution in [1.29, 1.82) is 0 Å². The van der Waals surface area contributed by atoms with Gasteiger partial charge in [0, 0.05) is 60.4 Å². The monoisotopic (exact) mass is 472 g/mol. The molecule has 4 aromatic rings. The maximum Gasteiger partial charge on any atom is 0.316 e. The van der Waals surface area contributed by atoms with Crippen LogP contribution in [0, 0.1) is 5.82 Å². The molecular formula is C23H19Cl2FN4O2. The minimum atomic E-state index is -0.441. The average molecular weight is 473 g/mol. The van der Waals surface area contributed by atoms with Gasteiger partial charge in [-0.3, -0.25) is 4.90 Å². The van der Waals surface area contributed by atoms with Crippen LogP contribution in [0.25, 0.3) is 16.6 Å². The van der Waals surface area contributed by atoms with Crippen LogP contribution >= 0.6 is 23.2 Å². The quantitative estimate of drug-likeness (QED) is 0.404. The van der Waals surface area contributed by atoms with Crippen molar-refractivity contribution in [3.8, 4) is 17.4 Å². The molecule has 32 heavy (non-hydrogen) atoms. The number of hydrogen-bond acceptors (Lipinski definition) is 5. The van der Waals surface area contributed by atoms with Crippen LogP contribution in [0.4, 0.5) is 4.39 Å². The number of hydrogen-bond donors (Lipinski definition) is 0. The summed E-state index contributed by atoms with van der Waals surface area (Å²) in [7, 11) is 1.54. The molecule has 1 aliphatic heterocycles. The summed E-state index contributed by atoms with van der Waals surface area (Å²) in [6.45, 7) is 2.55. The minimum Gasteiger partial charge on any atom is -0.490 e. The Hall–Kier alpha value is -2.87. The van der Waals surface area contributed by atoms with Crippen LogP contribution in [-0.2, 0) is 13.1 Å². The van der Waals surface area contributed by atoms with E-state index >= 15 is 0 Å². The van der Waals surface area contributed by atoms with Crippen molar-refractivity contribution in [3.05, 3.63) is 75.9 Å². The Balaban J connectivity index is 1.48. The van der Waals surface area contributed by atoms with Crippen LogP contribution in [0.5, 0.6) is 11.8 Å². The first-order valence-corrected chi connectivity index (χ1v) is 10.8. The summed E-state index contributed by atoms with van der Waals surface area (Å²) in [5.74, 6) is 0.243. The van der Waals surface area contributed by atoms with Crippen molar-refractivity contribution in [1.82, 2.24) is 19.4 Å². The number of aromatic nitrogens is 3. The molecule has 5 rings (SSSR count). The van der Waals surface area contributed by atoms with E-state index in [4.69, 9.17) is 32.7 Å². The molecule has 6 nitrogen and oxygen atoms in total. The van der Waals surface area contributed by atoms with Crippen molar-refractivity contribution in [2.45, 2.75) is 13.1 Å². The average Bonchev–Trinajstić information content (AvgIpc) is 3.12. The van der Waals surface area contributed by atoms with Gasteiger partial charge in [0.15, 0.2) is 0 Å². The molecule has 0 atom stereocenters. The second-order valence-electron chi connectivity index (χ2n) is 7.53. The predicted octanol–water partition coefficient (Wildman–Crippen LogP) is 5.27. The smallest absolute Gasteiger partial charge is 0.316 e. The van der Waals surface area contributed by atoms with Crippen LogP contribution in [0.15, 0.2) is 48.9 Å². The Kier molecular flexibility index (Phi) is 5.63. The van der Waals surface area contributed by atoms with Gasteiger partial charge in [0.2, 0.25) is 0 Å². The molecule has 0 saturated carbocycles. The number of nitrogens with zero attached hydrogens (tertiary/aromatic N) is 4. The lowest BCUT2D eigenvalue weighted by Gasteiger charge is -2.19. The van der Waals surface area contributed by atoms with Gasteiger partial charge in [0.1, 0.15) is 18.2 Å². The van der Waals surface area contributed by atoms with E-state index in [2.05, 4.69) is 14.9 Å². The first kappa shape index (κ1) is 21.0. The maximum absolute atomic E-state index is 13.9. The largest absolute Gasteiger partial charge is 0.490 e. The molecule has 3 heterocycles. The van der Waals surface area contributed by atoms with Crippen molar-refractivity contribution < 1.29 is 13.9 Å². The fourth-order valence-electron chi connectivity index (χ4n) is 3.95. The summed E-state index contributed by atoms with van der Waals surface area (Å²) in [4.78, 5) is 10.6. The molecule has 9 heteroatoms. The maximum atomic E-state index is 13.9.